The van der Waals surface area contributed by atoms with Crippen molar-refractivity contribution >= 4 is 29.6 Å². The van der Waals surface area contributed by atoms with Gasteiger partial charge in [0.2, 0.25) is 5.75 Å². The zero-order valence-electron chi connectivity index (χ0n) is 15.8. The Morgan fingerprint density at radius 2 is 1.59 bits per heavy atom. The number of urea groups is 1. The summed E-state index contributed by atoms with van der Waals surface area (Å²) in [5.41, 5.74) is -0.249. The molecule has 0 radical (unpaired) electrons. The molecule has 0 atom stereocenters. The minimum atomic E-state index is -1.04. The minimum absolute atomic E-state index is 0.265. The maximum Gasteiger partial charge on any atom is 0.336 e. The van der Waals surface area contributed by atoms with Gasteiger partial charge in [0, 0.05) is 0 Å². The van der Waals surface area contributed by atoms with E-state index in [0.29, 0.717) is 27.7 Å². The van der Waals surface area contributed by atoms with Crippen LogP contribution in [-0.4, -0.2) is 39.2 Å². The van der Waals surface area contributed by atoms with E-state index in [1.807, 2.05) is 5.32 Å². The number of imide groups is 2. The molecular formula is C20H17FN2O6. The molecule has 8 nitrogen and oxygen atoms in total. The highest BCUT2D eigenvalue weighted by atomic mass is 19.1. The van der Waals surface area contributed by atoms with Crippen molar-refractivity contribution in [1.82, 2.24) is 5.32 Å². The predicted octanol–water partition coefficient (Wildman–Crippen LogP) is 2.52. The van der Waals surface area contributed by atoms with Crippen molar-refractivity contribution in [3.05, 3.63) is 53.4 Å². The first-order valence-electron chi connectivity index (χ1n) is 8.37. The third kappa shape index (κ3) is 3.62. The minimum Gasteiger partial charge on any atom is -0.493 e. The molecule has 0 aromatic heterocycles. The van der Waals surface area contributed by atoms with Crippen molar-refractivity contribution in [2.75, 3.05) is 26.2 Å². The Bertz CT molecular complexity index is 1010. The van der Waals surface area contributed by atoms with Gasteiger partial charge >= 0.3 is 6.03 Å². The number of benzene rings is 2. The number of hydrogen-bond acceptors (Lipinski definition) is 6. The number of anilines is 1. The molecule has 29 heavy (non-hydrogen) atoms. The van der Waals surface area contributed by atoms with Crippen molar-refractivity contribution in [3.63, 3.8) is 0 Å². The van der Waals surface area contributed by atoms with E-state index in [4.69, 9.17) is 14.2 Å². The molecule has 2 aromatic rings. The first-order chi connectivity index (χ1) is 13.9. The van der Waals surface area contributed by atoms with E-state index in [-0.39, 0.29) is 11.3 Å². The number of nitrogens with zero attached hydrogens (tertiary/aromatic N) is 1. The Hall–Kier alpha value is -3.88. The summed E-state index contributed by atoms with van der Waals surface area (Å²) < 4.78 is 29.9. The summed E-state index contributed by atoms with van der Waals surface area (Å²) in [5, 5.41) is 2.04. The van der Waals surface area contributed by atoms with Gasteiger partial charge in [-0.2, -0.15) is 0 Å². The van der Waals surface area contributed by atoms with Gasteiger partial charge in [-0.15, -0.1) is 0 Å². The summed E-state index contributed by atoms with van der Waals surface area (Å²) in [4.78, 5) is 37.9. The molecule has 9 heteroatoms. The molecule has 2 aromatic carbocycles. The smallest absolute Gasteiger partial charge is 0.336 e. The van der Waals surface area contributed by atoms with E-state index >= 15 is 0 Å². The fraction of sp³-hybridized carbons (Fsp3) is 0.150. The fourth-order valence-electron chi connectivity index (χ4n) is 2.86. The maximum atomic E-state index is 14.1. The van der Waals surface area contributed by atoms with Crippen LogP contribution in [-0.2, 0) is 9.59 Å². The SMILES string of the molecule is COc1cc(/C=C2/C(=O)NC(=O)N(c3ccccc3F)C2=O)cc(OC)c1OC. The summed E-state index contributed by atoms with van der Waals surface area (Å²) >= 11 is 0. The van der Waals surface area contributed by atoms with Crippen molar-refractivity contribution in [2.45, 2.75) is 0 Å². The number of nitrogens with one attached hydrogen (secondary N) is 1. The second kappa shape index (κ2) is 8.01. The predicted molar refractivity (Wildman–Crippen MR) is 101 cm³/mol. The molecule has 1 fully saturated rings. The van der Waals surface area contributed by atoms with Crippen LogP contribution in [0.2, 0.25) is 0 Å². The standard InChI is InChI=1S/C20H17FN2O6/c1-27-15-9-11(10-16(28-2)17(15)29-3)8-12-18(24)22-20(26)23(19(12)25)14-7-5-4-6-13(14)21/h4-10H,1-3H3,(H,22,24,26)/b12-8-. The lowest BCUT2D eigenvalue weighted by atomic mass is 10.1. The van der Waals surface area contributed by atoms with E-state index in [1.165, 1.54) is 57.7 Å². The Kier molecular flexibility index (Phi) is 5.49. The van der Waals surface area contributed by atoms with E-state index in [2.05, 4.69) is 0 Å². The van der Waals surface area contributed by atoms with Gasteiger partial charge in [-0.1, -0.05) is 12.1 Å². The van der Waals surface area contributed by atoms with Gasteiger partial charge in [0.25, 0.3) is 11.8 Å². The lowest BCUT2D eigenvalue weighted by molar-refractivity contribution is -0.122. The molecule has 0 aliphatic carbocycles. The van der Waals surface area contributed by atoms with Gasteiger partial charge in [0.05, 0.1) is 27.0 Å². The molecule has 4 amide bonds. The summed E-state index contributed by atoms with van der Waals surface area (Å²) in [5.74, 6) is -1.69. The van der Waals surface area contributed by atoms with E-state index in [0.717, 1.165) is 6.07 Å². The molecule has 1 saturated heterocycles. The Balaban J connectivity index is 2.09. The molecule has 1 N–H and O–H groups in total. The van der Waals surface area contributed by atoms with Crippen LogP contribution < -0.4 is 24.4 Å². The van der Waals surface area contributed by atoms with Gasteiger partial charge in [0.1, 0.15) is 11.4 Å². The lowest BCUT2D eigenvalue weighted by Gasteiger charge is -2.26. The molecular weight excluding hydrogens is 383 g/mol. The van der Waals surface area contributed by atoms with Crippen LogP contribution in [0.15, 0.2) is 42.0 Å². The summed E-state index contributed by atoms with van der Waals surface area (Å²) in [6.45, 7) is 0. The van der Waals surface area contributed by atoms with Gasteiger partial charge < -0.3 is 14.2 Å². The highest BCUT2D eigenvalue weighted by Crippen LogP contribution is 2.39. The topological polar surface area (TPSA) is 94.2 Å². The van der Waals surface area contributed by atoms with Crippen LogP contribution in [0, 0.1) is 5.82 Å². The number of ether oxygens (including phenoxy) is 3. The average molecular weight is 400 g/mol. The number of methoxy groups -OCH3 is 3. The molecule has 0 saturated carbocycles. The zero-order chi connectivity index (χ0) is 21.1. The highest BCUT2D eigenvalue weighted by Gasteiger charge is 2.38. The van der Waals surface area contributed by atoms with Gasteiger partial charge in [-0.25, -0.2) is 14.1 Å². The molecule has 1 heterocycles. The average Bonchev–Trinajstić information content (AvgIpc) is 2.71. The second-order valence-electron chi connectivity index (χ2n) is 5.87. The summed E-state index contributed by atoms with van der Waals surface area (Å²) in [6.07, 6.45) is 1.25. The van der Waals surface area contributed by atoms with Crippen LogP contribution in [0.4, 0.5) is 14.9 Å². The second-order valence-corrected chi connectivity index (χ2v) is 5.87. The fourth-order valence-corrected chi connectivity index (χ4v) is 2.86. The summed E-state index contributed by atoms with van der Waals surface area (Å²) in [7, 11) is 4.28. The largest absolute Gasteiger partial charge is 0.493 e. The van der Waals surface area contributed by atoms with Crippen molar-refractivity contribution in [2.24, 2.45) is 0 Å². The molecule has 0 bridgehead atoms. The summed E-state index contributed by atoms with van der Waals surface area (Å²) in [6, 6.07) is 7.28. The Labute approximate surface area is 165 Å². The lowest BCUT2D eigenvalue weighted by Crippen LogP contribution is -2.54. The van der Waals surface area contributed by atoms with Crippen LogP contribution in [0.5, 0.6) is 17.2 Å². The number of halogens is 1. The number of rotatable bonds is 5. The van der Waals surface area contributed by atoms with Crippen LogP contribution >= 0.6 is 0 Å². The van der Waals surface area contributed by atoms with Crippen LogP contribution in [0.3, 0.4) is 0 Å². The third-order valence-corrected chi connectivity index (χ3v) is 4.19. The number of hydrogen-bond donors (Lipinski definition) is 1. The number of carbonyl (C=O) groups is 3. The maximum absolute atomic E-state index is 14.1. The first-order valence-corrected chi connectivity index (χ1v) is 8.37. The van der Waals surface area contributed by atoms with E-state index in [9.17, 15) is 18.8 Å². The molecule has 0 unspecified atom stereocenters. The number of para-hydroxylation sites is 1. The monoisotopic (exact) mass is 400 g/mol. The quantitative estimate of drug-likeness (QED) is 0.612. The normalized spacial score (nSPS) is 15.4. The van der Waals surface area contributed by atoms with Gasteiger partial charge in [-0.3, -0.25) is 14.9 Å². The number of barbiturate groups is 1. The molecule has 1 aliphatic rings. The van der Waals surface area contributed by atoms with E-state index < -0.39 is 23.7 Å². The van der Waals surface area contributed by atoms with E-state index in [1.54, 1.807) is 0 Å². The molecule has 3 rings (SSSR count). The Morgan fingerprint density at radius 1 is 0.966 bits per heavy atom. The van der Waals surface area contributed by atoms with Crippen molar-refractivity contribution < 1.29 is 33.0 Å². The van der Waals surface area contributed by atoms with Crippen molar-refractivity contribution in [1.29, 1.82) is 0 Å². The van der Waals surface area contributed by atoms with Gasteiger partial charge in [-0.05, 0) is 35.9 Å². The number of amides is 4. The van der Waals surface area contributed by atoms with Crippen LogP contribution in [0.25, 0.3) is 6.08 Å². The molecule has 1 aliphatic heterocycles. The van der Waals surface area contributed by atoms with Gasteiger partial charge in [0.15, 0.2) is 11.5 Å². The zero-order valence-corrected chi connectivity index (χ0v) is 15.8. The van der Waals surface area contributed by atoms with Crippen molar-refractivity contribution in [3.8, 4) is 17.2 Å². The number of carbonyl (C=O) groups excluding carboxylic acids is 3. The molecule has 0 spiro atoms. The molecule has 150 valence electrons. The van der Waals surface area contributed by atoms with Crippen LogP contribution in [0.1, 0.15) is 5.56 Å². The Morgan fingerprint density at radius 3 is 2.14 bits per heavy atom. The highest BCUT2D eigenvalue weighted by molar-refractivity contribution is 6.39. The first kappa shape index (κ1) is 19.9. The third-order valence-electron chi connectivity index (χ3n) is 4.19.